The summed E-state index contributed by atoms with van der Waals surface area (Å²) in [6, 6.07) is 3.77. The Labute approximate surface area is 116 Å². The normalized spacial score (nSPS) is 23.8. The standard InChI is InChI=1S/C13H17N3O2S/c1-9-6-16(7-10(2)18-9)8-12(17)15-13-11(5-14)3-4-19-13/h3-4,9-10H,6-8H2,1-2H3,(H,15,17)/t9-,10-/m1/s1. The molecule has 6 heteroatoms. The molecule has 1 saturated heterocycles. The van der Waals surface area contributed by atoms with Crippen molar-refractivity contribution in [1.29, 1.82) is 5.26 Å². The Hall–Kier alpha value is -1.42. The molecule has 102 valence electrons. The summed E-state index contributed by atoms with van der Waals surface area (Å²) in [7, 11) is 0. The Bertz CT molecular complexity index is 484. The van der Waals surface area contributed by atoms with Gasteiger partial charge in [-0.25, -0.2) is 0 Å². The van der Waals surface area contributed by atoms with Crippen LogP contribution in [0.15, 0.2) is 11.4 Å². The highest BCUT2D eigenvalue weighted by Gasteiger charge is 2.23. The Kier molecular flexibility index (Phi) is 4.53. The van der Waals surface area contributed by atoms with E-state index in [4.69, 9.17) is 10.00 Å². The Morgan fingerprint density at radius 3 is 2.89 bits per heavy atom. The molecular weight excluding hydrogens is 262 g/mol. The quantitative estimate of drug-likeness (QED) is 0.914. The van der Waals surface area contributed by atoms with Gasteiger partial charge in [0.15, 0.2) is 0 Å². The Balaban J connectivity index is 1.89. The number of nitrogens with one attached hydrogen (secondary N) is 1. The van der Waals surface area contributed by atoms with Crippen LogP contribution in [0.2, 0.25) is 0 Å². The Morgan fingerprint density at radius 2 is 2.26 bits per heavy atom. The number of amides is 1. The highest BCUT2D eigenvalue weighted by atomic mass is 32.1. The molecule has 0 spiro atoms. The molecule has 2 rings (SSSR count). The van der Waals surface area contributed by atoms with Crippen LogP contribution in [0.1, 0.15) is 19.4 Å². The van der Waals surface area contributed by atoms with E-state index in [9.17, 15) is 4.79 Å². The van der Waals surface area contributed by atoms with Crippen LogP contribution in [0.3, 0.4) is 0 Å². The molecule has 1 fully saturated rings. The van der Waals surface area contributed by atoms with Crippen molar-refractivity contribution in [2.24, 2.45) is 0 Å². The van der Waals surface area contributed by atoms with Gasteiger partial charge in [0.05, 0.1) is 24.3 Å². The first-order valence-corrected chi connectivity index (χ1v) is 7.11. The number of rotatable bonds is 3. The number of morpholine rings is 1. The van der Waals surface area contributed by atoms with Gasteiger partial charge in [0.2, 0.25) is 5.91 Å². The molecule has 1 aromatic heterocycles. The lowest BCUT2D eigenvalue weighted by molar-refractivity contribution is -0.121. The van der Waals surface area contributed by atoms with Gasteiger partial charge in [-0.2, -0.15) is 5.26 Å². The summed E-state index contributed by atoms with van der Waals surface area (Å²) in [6.07, 6.45) is 0.293. The van der Waals surface area contributed by atoms with E-state index in [1.54, 1.807) is 11.4 Å². The number of hydrogen-bond acceptors (Lipinski definition) is 5. The van der Waals surface area contributed by atoms with Crippen LogP contribution in [-0.4, -0.2) is 42.6 Å². The molecule has 1 amide bonds. The third-order valence-corrected chi connectivity index (χ3v) is 3.73. The van der Waals surface area contributed by atoms with Crippen LogP contribution < -0.4 is 5.32 Å². The lowest BCUT2D eigenvalue weighted by Gasteiger charge is -2.34. The molecule has 0 bridgehead atoms. The predicted molar refractivity (Wildman–Crippen MR) is 74.1 cm³/mol. The van der Waals surface area contributed by atoms with Gasteiger partial charge in [-0.3, -0.25) is 9.69 Å². The summed E-state index contributed by atoms with van der Waals surface area (Å²) in [5.74, 6) is -0.0831. The lowest BCUT2D eigenvalue weighted by atomic mass is 10.2. The first kappa shape index (κ1) is 14.0. The topological polar surface area (TPSA) is 65.4 Å². The number of ether oxygens (including phenoxy) is 1. The van der Waals surface area contributed by atoms with Crippen molar-refractivity contribution in [3.63, 3.8) is 0 Å². The lowest BCUT2D eigenvalue weighted by Crippen LogP contribution is -2.48. The molecule has 2 atom stereocenters. The number of carbonyl (C=O) groups excluding carboxylic acids is 1. The highest BCUT2D eigenvalue weighted by molar-refractivity contribution is 7.14. The molecule has 0 aliphatic carbocycles. The van der Waals surface area contributed by atoms with Crippen LogP contribution in [0.4, 0.5) is 5.00 Å². The first-order valence-electron chi connectivity index (χ1n) is 6.23. The minimum atomic E-state index is -0.0831. The molecule has 1 aliphatic heterocycles. The maximum Gasteiger partial charge on any atom is 0.239 e. The van der Waals surface area contributed by atoms with Gasteiger partial charge in [-0.1, -0.05) is 0 Å². The van der Waals surface area contributed by atoms with Crippen LogP contribution in [0.5, 0.6) is 0 Å². The second-order valence-corrected chi connectivity index (χ2v) is 5.69. The van der Waals surface area contributed by atoms with E-state index in [0.29, 0.717) is 17.1 Å². The molecule has 1 aliphatic rings. The summed E-state index contributed by atoms with van der Waals surface area (Å²) in [4.78, 5) is 14.0. The van der Waals surface area contributed by atoms with Crippen molar-refractivity contribution in [3.05, 3.63) is 17.0 Å². The number of carbonyl (C=O) groups is 1. The summed E-state index contributed by atoms with van der Waals surface area (Å²) < 4.78 is 5.63. The van der Waals surface area contributed by atoms with E-state index in [2.05, 4.69) is 16.3 Å². The highest BCUT2D eigenvalue weighted by Crippen LogP contribution is 2.22. The number of thiophene rings is 1. The average molecular weight is 279 g/mol. The van der Waals surface area contributed by atoms with Gasteiger partial charge in [0.1, 0.15) is 11.1 Å². The van der Waals surface area contributed by atoms with E-state index in [0.717, 1.165) is 13.1 Å². The van der Waals surface area contributed by atoms with Gasteiger partial charge in [-0.05, 0) is 25.3 Å². The molecule has 0 unspecified atom stereocenters. The molecular formula is C13H17N3O2S. The van der Waals surface area contributed by atoms with Crippen LogP contribution in [-0.2, 0) is 9.53 Å². The summed E-state index contributed by atoms with van der Waals surface area (Å²) in [6.45, 7) is 5.86. The number of hydrogen-bond donors (Lipinski definition) is 1. The molecule has 2 heterocycles. The fourth-order valence-corrected chi connectivity index (χ4v) is 3.03. The third-order valence-electron chi connectivity index (χ3n) is 2.90. The van der Waals surface area contributed by atoms with Crippen molar-refractivity contribution in [2.75, 3.05) is 25.0 Å². The molecule has 19 heavy (non-hydrogen) atoms. The predicted octanol–water partition coefficient (Wildman–Crippen LogP) is 1.67. The largest absolute Gasteiger partial charge is 0.373 e. The minimum Gasteiger partial charge on any atom is -0.373 e. The maximum atomic E-state index is 12.0. The van der Waals surface area contributed by atoms with Crippen LogP contribution in [0, 0.1) is 11.3 Å². The van der Waals surface area contributed by atoms with E-state index < -0.39 is 0 Å². The van der Waals surface area contributed by atoms with Crippen molar-refractivity contribution in [2.45, 2.75) is 26.1 Å². The molecule has 0 aromatic carbocycles. The van der Waals surface area contributed by atoms with E-state index in [1.807, 2.05) is 13.8 Å². The second-order valence-electron chi connectivity index (χ2n) is 4.77. The first-order chi connectivity index (χ1) is 9.08. The average Bonchev–Trinajstić information content (AvgIpc) is 2.74. The summed E-state index contributed by atoms with van der Waals surface area (Å²) >= 11 is 1.37. The molecule has 5 nitrogen and oxygen atoms in total. The van der Waals surface area contributed by atoms with Crippen molar-refractivity contribution < 1.29 is 9.53 Å². The number of nitrogens with zero attached hydrogens (tertiary/aromatic N) is 2. The van der Waals surface area contributed by atoms with Gasteiger partial charge >= 0.3 is 0 Å². The zero-order valence-corrected chi connectivity index (χ0v) is 11.9. The third kappa shape index (κ3) is 3.77. The molecule has 1 aromatic rings. The molecule has 1 N–H and O–H groups in total. The van der Waals surface area contributed by atoms with E-state index in [-0.39, 0.29) is 18.1 Å². The van der Waals surface area contributed by atoms with Crippen LogP contribution >= 0.6 is 11.3 Å². The van der Waals surface area contributed by atoms with Crippen molar-refractivity contribution in [3.8, 4) is 6.07 Å². The van der Waals surface area contributed by atoms with Crippen LogP contribution in [0.25, 0.3) is 0 Å². The zero-order chi connectivity index (χ0) is 13.8. The SMILES string of the molecule is C[C@@H]1CN(CC(=O)Nc2sccc2C#N)C[C@@H](C)O1. The van der Waals surface area contributed by atoms with Gasteiger partial charge in [0, 0.05) is 13.1 Å². The monoisotopic (exact) mass is 279 g/mol. The summed E-state index contributed by atoms with van der Waals surface area (Å²) in [5, 5.41) is 14.1. The zero-order valence-electron chi connectivity index (χ0n) is 11.0. The van der Waals surface area contributed by atoms with Gasteiger partial charge < -0.3 is 10.1 Å². The van der Waals surface area contributed by atoms with Gasteiger partial charge in [0.25, 0.3) is 0 Å². The number of nitriles is 1. The summed E-state index contributed by atoms with van der Waals surface area (Å²) in [5.41, 5.74) is 0.516. The second kappa shape index (κ2) is 6.15. The smallest absolute Gasteiger partial charge is 0.239 e. The van der Waals surface area contributed by atoms with E-state index >= 15 is 0 Å². The molecule has 0 radical (unpaired) electrons. The van der Waals surface area contributed by atoms with E-state index in [1.165, 1.54) is 11.3 Å². The minimum absolute atomic E-state index is 0.0831. The Morgan fingerprint density at radius 1 is 1.58 bits per heavy atom. The number of anilines is 1. The maximum absolute atomic E-state index is 12.0. The fraction of sp³-hybridized carbons (Fsp3) is 0.538. The molecule has 0 saturated carbocycles. The van der Waals surface area contributed by atoms with Crippen molar-refractivity contribution in [1.82, 2.24) is 4.90 Å². The fourth-order valence-electron chi connectivity index (χ4n) is 2.28. The van der Waals surface area contributed by atoms with Crippen molar-refractivity contribution >= 4 is 22.2 Å². The van der Waals surface area contributed by atoms with Gasteiger partial charge in [-0.15, -0.1) is 11.3 Å².